The average molecular weight is 251 g/mol. The Labute approximate surface area is 110 Å². The van der Waals surface area contributed by atoms with E-state index in [1.54, 1.807) is 0 Å². The van der Waals surface area contributed by atoms with Crippen LogP contribution in [0.25, 0.3) is 0 Å². The molecule has 1 aromatic heterocycles. The smallest absolute Gasteiger partial charge is 0.135 e. The first-order chi connectivity index (χ1) is 8.42. The van der Waals surface area contributed by atoms with E-state index in [-0.39, 0.29) is 0 Å². The van der Waals surface area contributed by atoms with Crippen LogP contribution in [0.5, 0.6) is 0 Å². The van der Waals surface area contributed by atoms with Crippen LogP contribution in [-0.4, -0.2) is 48.6 Å². The highest BCUT2D eigenvalue weighted by Crippen LogP contribution is 2.17. The van der Waals surface area contributed by atoms with Gasteiger partial charge in [0.05, 0.1) is 0 Å². The molecule has 1 unspecified atom stereocenters. The molecule has 0 amide bonds. The molecule has 0 saturated carbocycles. The van der Waals surface area contributed by atoms with Gasteiger partial charge in [-0.25, -0.2) is 9.97 Å². The minimum atomic E-state index is 0.322. The Morgan fingerprint density at radius 2 is 1.78 bits per heavy atom. The van der Waals surface area contributed by atoms with Crippen LogP contribution in [0.2, 0.25) is 0 Å². The van der Waals surface area contributed by atoms with Gasteiger partial charge in [0.2, 0.25) is 0 Å². The summed E-state index contributed by atoms with van der Waals surface area (Å²) in [5.41, 5.74) is 0. The molecule has 0 aliphatic rings. The first-order valence-corrected chi connectivity index (χ1v) is 6.40. The van der Waals surface area contributed by atoms with E-state index in [1.165, 1.54) is 0 Å². The van der Waals surface area contributed by atoms with Crippen LogP contribution in [0.3, 0.4) is 0 Å². The van der Waals surface area contributed by atoms with E-state index in [0.717, 1.165) is 24.0 Å². The van der Waals surface area contributed by atoms with Gasteiger partial charge in [-0.15, -0.1) is 0 Å². The van der Waals surface area contributed by atoms with Crippen LogP contribution in [0.4, 0.5) is 11.6 Å². The Hall–Kier alpha value is -1.36. The van der Waals surface area contributed by atoms with E-state index in [4.69, 9.17) is 0 Å². The van der Waals surface area contributed by atoms with Crippen LogP contribution in [-0.2, 0) is 0 Å². The number of nitrogens with one attached hydrogen (secondary N) is 2. The standard InChI is InChI=1S/C13H25N5/c1-9(2)13-16-11(14-4)7-12(17-13)15-10(3)8-18(5)6/h7,9-10H,8H2,1-6H3,(H2,14,15,16,17). The molecule has 102 valence electrons. The summed E-state index contributed by atoms with van der Waals surface area (Å²) in [7, 11) is 6.01. The number of aromatic nitrogens is 2. The lowest BCUT2D eigenvalue weighted by atomic mass is 10.2. The third-order valence-electron chi connectivity index (χ3n) is 2.55. The first kappa shape index (κ1) is 14.7. The van der Waals surface area contributed by atoms with Crippen LogP contribution in [0, 0.1) is 0 Å². The molecule has 5 nitrogen and oxygen atoms in total. The van der Waals surface area contributed by atoms with Crippen LogP contribution in [0.1, 0.15) is 32.5 Å². The predicted octanol–water partition coefficient (Wildman–Crippen LogP) is 2.00. The Kier molecular flexibility index (Phi) is 5.34. The Morgan fingerprint density at radius 3 is 2.28 bits per heavy atom. The predicted molar refractivity (Wildman–Crippen MR) is 77.3 cm³/mol. The number of anilines is 2. The van der Waals surface area contributed by atoms with Crippen LogP contribution >= 0.6 is 0 Å². The van der Waals surface area contributed by atoms with Crippen LogP contribution < -0.4 is 10.6 Å². The minimum Gasteiger partial charge on any atom is -0.373 e. The summed E-state index contributed by atoms with van der Waals surface area (Å²) in [6, 6.07) is 2.29. The average Bonchev–Trinajstić information content (AvgIpc) is 2.27. The fourth-order valence-corrected chi connectivity index (χ4v) is 1.77. The van der Waals surface area contributed by atoms with Gasteiger partial charge < -0.3 is 15.5 Å². The van der Waals surface area contributed by atoms with Crippen molar-refractivity contribution >= 4 is 11.6 Å². The van der Waals surface area contributed by atoms with Crippen LogP contribution in [0.15, 0.2) is 6.07 Å². The Bertz CT molecular complexity index is 376. The van der Waals surface area contributed by atoms with E-state index in [1.807, 2.05) is 13.1 Å². The summed E-state index contributed by atoms with van der Waals surface area (Å²) in [4.78, 5) is 11.1. The zero-order valence-corrected chi connectivity index (χ0v) is 12.3. The lowest BCUT2D eigenvalue weighted by Crippen LogP contribution is -2.30. The molecule has 5 heteroatoms. The molecule has 0 aliphatic heterocycles. The summed E-state index contributed by atoms with van der Waals surface area (Å²) in [6.45, 7) is 7.32. The third kappa shape index (κ3) is 4.49. The summed E-state index contributed by atoms with van der Waals surface area (Å²) < 4.78 is 0. The van der Waals surface area contributed by atoms with Crippen molar-refractivity contribution in [3.05, 3.63) is 11.9 Å². The molecule has 0 spiro atoms. The van der Waals surface area contributed by atoms with Crippen molar-refractivity contribution < 1.29 is 0 Å². The van der Waals surface area contributed by atoms with Crippen molar-refractivity contribution in [2.75, 3.05) is 38.3 Å². The second-order valence-electron chi connectivity index (χ2n) is 5.21. The quantitative estimate of drug-likeness (QED) is 0.810. The van der Waals surface area contributed by atoms with Crippen molar-refractivity contribution in [2.45, 2.75) is 32.7 Å². The zero-order valence-electron chi connectivity index (χ0n) is 12.3. The molecule has 0 radical (unpaired) electrons. The molecular formula is C13H25N5. The fourth-order valence-electron chi connectivity index (χ4n) is 1.77. The number of hydrogen-bond acceptors (Lipinski definition) is 5. The highest BCUT2D eigenvalue weighted by Gasteiger charge is 2.09. The topological polar surface area (TPSA) is 53.1 Å². The van der Waals surface area contributed by atoms with Gasteiger partial charge in [0.1, 0.15) is 17.5 Å². The third-order valence-corrected chi connectivity index (χ3v) is 2.55. The van der Waals surface area contributed by atoms with Crippen molar-refractivity contribution in [3.8, 4) is 0 Å². The second-order valence-corrected chi connectivity index (χ2v) is 5.21. The molecular weight excluding hydrogens is 226 g/mol. The molecule has 2 N–H and O–H groups in total. The van der Waals surface area contributed by atoms with Gasteiger partial charge in [0, 0.05) is 31.6 Å². The maximum atomic E-state index is 4.55. The fraction of sp³-hybridized carbons (Fsp3) is 0.692. The summed E-state index contributed by atoms with van der Waals surface area (Å²) in [5, 5.41) is 6.49. The van der Waals surface area contributed by atoms with Gasteiger partial charge in [-0.3, -0.25) is 0 Å². The van der Waals surface area contributed by atoms with Crippen molar-refractivity contribution in [1.29, 1.82) is 0 Å². The molecule has 0 aromatic carbocycles. The first-order valence-electron chi connectivity index (χ1n) is 6.40. The van der Waals surface area contributed by atoms with Gasteiger partial charge in [-0.05, 0) is 21.0 Å². The maximum absolute atomic E-state index is 4.55. The lowest BCUT2D eigenvalue weighted by Gasteiger charge is -2.19. The molecule has 0 fully saturated rings. The Morgan fingerprint density at radius 1 is 1.17 bits per heavy atom. The lowest BCUT2D eigenvalue weighted by molar-refractivity contribution is 0.392. The molecule has 1 rings (SSSR count). The number of rotatable bonds is 6. The number of nitrogens with zero attached hydrogens (tertiary/aromatic N) is 3. The molecule has 1 aromatic rings. The zero-order chi connectivity index (χ0) is 13.7. The van der Waals surface area contributed by atoms with E-state index >= 15 is 0 Å². The Balaban J connectivity index is 2.84. The molecule has 18 heavy (non-hydrogen) atoms. The largest absolute Gasteiger partial charge is 0.373 e. The summed E-state index contributed by atoms with van der Waals surface area (Å²) >= 11 is 0. The monoisotopic (exact) mass is 251 g/mol. The highest BCUT2D eigenvalue weighted by molar-refractivity contribution is 5.48. The van der Waals surface area contributed by atoms with Crippen molar-refractivity contribution in [2.24, 2.45) is 0 Å². The van der Waals surface area contributed by atoms with Gasteiger partial charge in [-0.1, -0.05) is 13.8 Å². The van der Waals surface area contributed by atoms with Crippen molar-refractivity contribution in [3.63, 3.8) is 0 Å². The molecule has 0 aliphatic carbocycles. The minimum absolute atomic E-state index is 0.322. The van der Waals surface area contributed by atoms with Gasteiger partial charge in [0.25, 0.3) is 0 Å². The SMILES string of the molecule is CNc1cc(NC(C)CN(C)C)nc(C(C)C)n1. The van der Waals surface area contributed by atoms with Crippen molar-refractivity contribution in [1.82, 2.24) is 14.9 Å². The number of likely N-dealkylation sites (N-methyl/N-ethyl adjacent to an activating group) is 1. The molecule has 0 bridgehead atoms. The van der Waals surface area contributed by atoms with E-state index < -0.39 is 0 Å². The molecule has 1 heterocycles. The van der Waals surface area contributed by atoms with Gasteiger partial charge in [-0.2, -0.15) is 0 Å². The van der Waals surface area contributed by atoms with Gasteiger partial charge in [0.15, 0.2) is 0 Å². The molecule has 1 atom stereocenters. The maximum Gasteiger partial charge on any atom is 0.135 e. The normalized spacial score (nSPS) is 12.9. The molecule has 0 saturated heterocycles. The highest BCUT2D eigenvalue weighted by atomic mass is 15.1. The summed E-state index contributed by atoms with van der Waals surface area (Å²) in [6.07, 6.45) is 0. The summed E-state index contributed by atoms with van der Waals surface area (Å²) in [5.74, 6) is 2.92. The van der Waals surface area contributed by atoms with Gasteiger partial charge >= 0.3 is 0 Å². The van der Waals surface area contributed by atoms with E-state index in [9.17, 15) is 0 Å². The van der Waals surface area contributed by atoms with E-state index in [0.29, 0.717) is 12.0 Å². The number of hydrogen-bond donors (Lipinski definition) is 2. The second kappa shape index (κ2) is 6.54. The van der Waals surface area contributed by atoms with E-state index in [2.05, 4.69) is 60.4 Å².